The van der Waals surface area contributed by atoms with Crippen LogP contribution in [-0.2, 0) is 4.74 Å². The number of pyridine rings is 1. The molecule has 5 nitrogen and oxygen atoms in total. The highest BCUT2D eigenvalue weighted by Gasteiger charge is 2.20. The average Bonchev–Trinajstić information content (AvgIpc) is 2.47. The van der Waals surface area contributed by atoms with Crippen LogP contribution in [0, 0.1) is 0 Å². The molecule has 0 saturated heterocycles. The zero-order chi connectivity index (χ0) is 17.0. The number of carbonyl (C=O) groups excluding carboxylic acids is 2. The van der Waals surface area contributed by atoms with Gasteiger partial charge in [0.2, 0.25) is 0 Å². The quantitative estimate of drug-likeness (QED) is 0.850. The van der Waals surface area contributed by atoms with Gasteiger partial charge in [0.05, 0.1) is 5.69 Å². The van der Waals surface area contributed by atoms with Gasteiger partial charge in [-0.1, -0.05) is 11.6 Å². The summed E-state index contributed by atoms with van der Waals surface area (Å²) in [6, 6.07) is 7.97. The Morgan fingerprint density at radius 2 is 1.96 bits per heavy atom. The minimum absolute atomic E-state index is 0.274. The van der Waals surface area contributed by atoms with Gasteiger partial charge in [0, 0.05) is 28.5 Å². The molecule has 1 heterocycles. The van der Waals surface area contributed by atoms with Gasteiger partial charge >= 0.3 is 6.09 Å². The van der Waals surface area contributed by atoms with E-state index in [4.69, 9.17) is 16.3 Å². The Balaban J connectivity index is 2.31. The number of ketones is 1. The van der Waals surface area contributed by atoms with Crippen molar-refractivity contribution in [3.05, 3.63) is 58.9 Å². The van der Waals surface area contributed by atoms with E-state index in [0.29, 0.717) is 16.3 Å². The summed E-state index contributed by atoms with van der Waals surface area (Å²) in [7, 11) is 0. The van der Waals surface area contributed by atoms with Gasteiger partial charge < -0.3 is 4.74 Å². The molecular formula is C17H17ClN2O3. The SMILES string of the molecule is CC(C)(C)OC(=O)Nc1ccc(Cl)cc1C(=O)c1cccnc1. The van der Waals surface area contributed by atoms with Gasteiger partial charge in [-0.2, -0.15) is 0 Å². The number of anilines is 1. The summed E-state index contributed by atoms with van der Waals surface area (Å²) in [5, 5.41) is 2.98. The molecule has 0 aliphatic rings. The summed E-state index contributed by atoms with van der Waals surface area (Å²) >= 11 is 5.98. The fourth-order valence-electron chi connectivity index (χ4n) is 1.88. The van der Waals surface area contributed by atoms with E-state index in [9.17, 15) is 9.59 Å². The van der Waals surface area contributed by atoms with Gasteiger partial charge in [-0.25, -0.2) is 4.79 Å². The molecular weight excluding hydrogens is 316 g/mol. The first kappa shape index (κ1) is 17.0. The summed E-state index contributed by atoms with van der Waals surface area (Å²) < 4.78 is 5.21. The number of benzene rings is 1. The number of nitrogens with one attached hydrogen (secondary N) is 1. The molecule has 0 radical (unpaired) electrons. The fourth-order valence-corrected chi connectivity index (χ4v) is 2.05. The summed E-state index contributed by atoms with van der Waals surface area (Å²) in [6.07, 6.45) is 2.40. The third-order valence-corrected chi connectivity index (χ3v) is 3.02. The molecule has 1 aromatic heterocycles. The van der Waals surface area contributed by atoms with E-state index in [0.717, 1.165) is 0 Å². The maximum absolute atomic E-state index is 12.6. The van der Waals surface area contributed by atoms with Crippen molar-refractivity contribution in [1.29, 1.82) is 0 Å². The second-order valence-corrected chi connectivity index (χ2v) is 6.32. The molecule has 1 aromatic carbocycles. The highest BCUT2D eigenvalue weighted by molar-refractivity contribution is 6.31. The second-order valence-electron chi connectivity index (χ2n) is 5.89. The number of hydrogen-bond donors (Lipinski definition) is 1. The van der Waals surface area contributed by atoms with Crippen LogP contribution in [0.1, 0.15) is 36.7 Å². The first-order valence-electron chi connectivity index (χ1n) is 7.00. The molecule has 0 spiro atoms. The Bertz CT molecular complexity index is 724. The number of hydrogen-bond acceptors (Lipinski definition) is 4. The number of nitrogens with zero attached hydrogens (tertiary/aromatic N) is 1. The van der Waals surface area contributed by atoms with Crippen LogP contribution in [0.3, 0.4) is 0 Å². The molecule has 0 aliphatic carbocycles. The maximum atomic E-state index is 12.6. The molecule has 2 aromatic rings. The summed E-state index contributed by atoms with van der Waals surface area (Å²) in [6.45, 7) is 5.28. The monoisotopic (exact) mass is 332 g/mol. The predicted octanol–water partition coefficient (Wildman–Crippen LogP) is 4.31. The Morgan fingerprint density at radius 3 is 2.57 bits per heavy atom. The zero-order valence-corrected chi connectivity index (χ0v) is 13.8. The van der Waals surface area contributed by atoms with Gasteiger partial charge in [0.25, 0.3) is 0 Å². The van der Waals surface area contributed by atoms with Crippen molar-refractivity contribution in [2.45, 2.75) is 26.4 Å². The first-order chi connectivity index (χ1) is 10.8. The third kappa shape index (κ3) is 4.79. The molecule has 120 valence electrons. The summed E-state index contributed by atoms with van der Waals surface area (Å²) in [5.74, 6) is -0.286. The van der Waals surface area contributed by atoms with E-state index >= 15 is 0 Å². The van der Waals surface area contributed by atoms with Crippen molar-refractivity contribution >= 4 is 29.2 Å². The number of ether oxygens (including phenoxy) is 1. The molecule has 2 rings (SSSR count). The van der Waals surface area contributed by atoms with Crippen molar-refractivity contribution < 1.29 is 14.3 Å². The van der Waals surface area contributed by atoms with Crippen molar-refractivity contribution in [2.75, 3.05) is 5.32 Å². The van der Waals surface area contributed by atoms with Crippen LogP contribution >= 0.6 is 11.6 Å². The lowest BCUT2D eigenvalue weighted by atomic mass is 10.0. The van der Waals surface area contributed by atoms with Crippen LogP contribution in [0.2, 0.25) is 5.02 Å². The van der Waals surface area contributed by atoms with Crippen LogP contribution < -0.4 is 5.32 Å². The highest BCUT2D eigenvalue weighted by atomic mass is 35.5. The lowest BCUT2D eigenvalue weighted by Gasteiger charge is -2.20. The van der Waals surface area contributed by atoms with Crippen molar-refractivity contribution in [3.8, 4) is 0 Å². The van der Waals surface area contributed by atoms with Crippen LogP contribution in [0.5, 0.6) is 0 Å². The molecule has 0 bridgehead atoms. The van der Waals surface area contributed by atoms with Crippen LogP contribution in [0.15, 0.2) is 42.7 Å². The molecule has 0 saturated carbocycles. The smallest absolute Gasteiger partial charge is 0.412 e. The van der Waals surface area contributed by atoms with Gasteiger partial charge in [0.1, 0.15) is 5.60 Å². The van der Waals surface area contributed by atoms with E-state index in [1.165, 1.54) is 12.3 Å². The number of aromatic nitrogens is 1. The van der Waals surface area contributed by atoms with Crippen LogP contribution in [0.25, 0.3) is 0 Å². The number of halogens is 1. The van der Waals surface area contributed by atoms with Crippen LogP contribution in [-0.4, -0.2) is 22.5 Å². The highest BCUT2D eigenvalue weighted by Crippen LogP contribution is 2.24. The standard InChI is InChI=1S/C17H17ClN2O3/c1-17(2,3)23-16(22)20-14-7-6-12(18)9-13(14)15(21)11-5-4-8-19-10-11/h4-10H,1-3H3,(H,20,22). The minimum atomic E-state index is -0.639. The van der Waals surface area contributed by atoms with Gasteiger partial charge in [-0.15, -0.1) is 0 Å². The van der Waals surface area contributed by atoms with E-state index in [1.54, 1.807) is 51.2 Å². The zero-order valence-electron chi connectivity index (χ0n) is 13.1. The molecule has 0 unspecified atom stereocenters. The Morgan fingerprint density at radius 1 is 1.22 bits per heavy atom. The topological polar surface area (TPSA) is 68.3 Å². The molecule has 1 N–H and O–H groups in total. The second kappa shape index (κ2) is 6.79. The summed E-state index contributed by atoms with van der Waals surface area (Å²) in [4.78, 5) is 28.5. The van der Waals surface area contributed by atoms with E-state index in [1.807, 2.05) is 0 Å². The van der Waals surface area contributed by atoms with Gasteiger partial charge in [-0.3, -0.25) is 15.1 Å². The normalized spacial score (nSPS) is 11.0. The Labute approximate surface area is 139 Å². The lowest BCUT2D eigenvalue weighted by Crippen LogP contribution is -2.27. The first-order valence-corrected chi connectivity index (χ1v) is 7.38. The number of amides is 1. The average molecular weight is 333 g/mol. The van der Waals surface area contributed by atoms with Crippen molar-refractivity contribution in [1.82, 2.24) is 4.98 Å². The van der Waals surface area contributed by atoms with E-state index < -0.39 is 11.7 Å². The van der Waals surface area contributed by atoms with E-state index in [2.05, 4.69) is 10.3 Å². The largest absolute Gasteiger partial charge is 0.444 e. The molecule has 1 amide bonds. The Kier molecular flexibility index (Phi) is 5.01. The number of carbonyl (C=O) groups is 2. The molecule has 0 aliphatic heterocycles. The third-order valence-electron chi connectivity index (χ3n) is 2.79. The summed E-state index contributed by atoms with van der Waals surface area (Å²) in [5.41, 5.74) is 0.375. The lowest BCUT2D eigenvalue weighted by molar-refractivity contribution is 0.0636. The van der Waals surface area contributed by atoms with Crippen molar-refractivity contribution in [2.24, 2.45) is 0 Å². The fraction of sp³-hybridized carbons (Fsp3) is 0.235. The molecule has 6 heteroatoms. The molecule has 0 fully saturated rings. The van der Waals surface area contributed by atoms with E-state index in [-0.39, 0.29) is 11.3 Å². The van der Waals surface area contributed by atoms with Gasteiger partial charge in [0.15, 0.2) is 5.78 Å². The van der Waals surface area contributed by atoms with Crippen LogP contribution in [0.4, 0.5) is 10.5 Å². The minimum Gasteiger partial charge on any atom is -0.444 e. The number of rotatable bonds is 3. The van der Waals surface area contributed by atoms with Crippen molar-refractivity contribution in [3.63, 3.8) is 0 Å². The Hall–Kier alpha value is -2.40. The molecule has 23 heavy (non-hydrogen) atoms. The maximum Gasteiger partial charge on any atom is 0.412 e. The predicted molar refractivity (Wildman–Crippen MR) is 89.0 cm³/mol. The van der Waals surface area contributed by atoms with Gasteiger partial charge in [-0.05, 0) is 51.1 Å². The molecule has 0 atom stereocenters.